The number of nitrogens with two attached hydrogens (primary N) is 2. The fourth-order valence-electron chi connectivity index (χ4n) is 4.14. The average molecular weight is 429 g/mol. The molecule has 0 radical (unpaired) electrons. The zero-order chi connectivity index (χ0) is 22.7. The van der Waals surface area contributed by atoms with Crippen molar-refractivity contribution in [3.05, 3.63) is 0 Å². The molecule has 0 aliphatic heterocycles. The lowest BCUT2D eigenvalue weighted by Crippen LogP contribution is -2.56. The molecule has 0 aromatic carbocycles. The van der Waals surface area contributed by atoms with Gasteiger partial charge in [-0.3, -0.25) is 9.59 Å². The molecule has 0 aliphatic rings. The van der Waals surface area contributed by atoms with Crippen LogP contribution in [-0.2, 0) is 9.59 Å². The molecule has 0 heterocycles. The Hall–Kier alpha value is -1.14. The minimum atomic E-state index is -1.71. The van der Waals surface area contributed by atoms with Gasteiger partial charge in [0.05, 0.1) is 5.92 Å². The zero-order valence-electron chi connectivity index (χ0n) is 19.4. The van der Waals surface area contributed by atoms with Crippen LogP contribution in [0.1, 0.15) is 122 Å². The maximum absolute atomic E-state index is 11.7. The highest BCUT2D eigenvalue weighted by Gasteiger charge is 2.45. The van der Waals surface area contributed by atoms with Crippen LogP contribution in [0.5, 0.6) is 0 Å². The first-order chi connectivity index (χ1) is 14.4. The summed E-state index contributed by atoms with van der Waals surface area (Å²) >= 11 is 0. The van der Waals surface area contributed by atoms with Gasteiger partial charge in [0.25, 0.3) is 0 Å². The topological polar surface area (TPSA) is 127 Å². The van der Waals surface area contributed by atoms with Gasteiger partial charge >= 0.3 is 11.9 Å². The van der Waals surface area contributed by atoms with Crippen LogP contribution in [0.3, 0.4) is 0 Å². The van der Waals surface area contributed by atoms with E-state index < -0.39 is 23.4 Å². The molecule has 0 bridgehead atoms. The Morgan fingerprint density at radius 3 is 1.53 bits per heavy atom. The molecule has 0 saturated carbocycles. The maximum atomic E-state index is 11.7. The molecule has 0 amide bonds. The van der Waals surface area contributed by atoms with Gasteiger partial charge in [-0.15, -0.1) is 0 Å². The Kier molecular flexibility index (Phi) is 17.9. The van der Waals surface area contributed by atoms with Gasteiger partial charge in [-0.05, 0) is 32.2 Å². The molecule has 0 saturated heterocycles. The fourth-order valence-corrected chi connectivity index (χ4v) is 4.14. The number of unbranched alkanes of at least 4 members (excludes halogenated alkanes) is 14. The summed E-state index contributed by atoms with van der Waals surface area (Å²) in [5.74, 6) is -3.38. The van der Waals surface area contributed by atoms with E-state index in [4.69, 9.17) is 11.5 Å². The summed E-state index contributed by atoms with van der Waals surface area (Å²) in [7, 11) is 0. The average Bonchev–Trinajstić information content (AvgIpc) is 2.70. The minimum absolute atomic E-state index is 0.148. The van der Waals surface area contributed by atoms with Crippen LogP contribution in [0, 0.1) is 5.92 Å². The standard InChI is InChI=1S/C24H48N2O4/c1-2-3-4-5-6-7-8-9-10-11-12-13-14-15-18-21(22(27)28)24(26,23(29)30)19-16-17-20-25/h21H,2-20,25-26H2,1H3,(H,27,28)(H,29,30). The molecule has 0 fully saturated rings. The van der Waals surface area contributed by atoms with E-state index in [1.165, 1.54) is 64.2 Å². The third kappa shape index (κ3) is 13.2. The lowest BCUT2D eigenvalue weighted by atomic mass is 9.77. The molecule has 2 atom stereocenters. The van der Waals surface area contributed by atoms with Gasteiger partial charge < -0.3 is 21.7 Å². The summed E-state index contributed by atoms with van der Waals surface area (Å²) < 4.78 is 0. The summed E-state index contributed by atoms with van der Waals surface area (Å²) in [6.07, 6.45) is 18.8. The van der Waals surface area contributed by atoms with Crippen LogP contribution in [-0.4, -0.2) is 34.2 Å². The molecule has 6 N–H and O–H groups in total. The lowest BCUT2D eigenvalue weighted by Gasteiger charge is -2.31. The third-order valence-electron chi connectivity index (χ3n) is 6.21. The predicted octanol–water partition coefficient (Wildman–Crippen LogP) is 5.47. The Morgan fingerprint density at radius 2 is 1.17 bits per heavy atom. The molecular weight excluding hydrogens is 380 g/mol. The maximum Gasteiger partial charge on any atom is 0.324 e. The van der Waals surface area contributed by atoms with Gasteiger partial charge in [-0.25, -0.2) is 0 Å². The van der Waals surface area contributed by atoms with E-state index in [2.05, 4.69) is 6.92 Å². The summed E-state index contributed by atoms with van der Waals surface area (Å²) in [6.45, 7) is 2.70. The Labute approximate surface area is 184 Å². The second-order valence-electron chi connectivity index (χ2n) is 8.87. The van der Waals surface area contributed by atoms with Crippen LogP contribution >= 0.6 is 0 Å². The van der Waals surface area contributed by atoms with Gasteiger partial charge in [-0.1, -0.05) is 96.8 Å². The van der Waals surface area contributed by atoms with Gasteiger partial charge in [0.2, 0.25) is 0 Å². The molecule has 0 aliphatic carbocycles. The molecule has 0 spiro atoms. The highest BCUT2D eigenvalue weighted by Crippen LogP contribution is 2.27. The van der Waals surface area contributed by atoms with Crippen molar-refractivity contribution in [1.29, 1.82) is 0 Å². The molecule has 6 nitrogen and oxygen atoms in total. The SMILES string of the molecule is CCCCCCCCCCCCCCCCC(C(=O)O)C(N)(CCCCN)C(=O)O. The summed E-state index contributed by atoms with van der Waals surface area (Å²) in [5, 5.41) is 19.1. The molecule has 0 aromatic rings. The molecule has 2 unspecified atom stereocenters. The Bertz CT molecular complexity index is 445. The number of carbonyl (C=O) groups is 2. The molecular formula is C24H48N2O4. The van der Waals surface area contributed by atoms with E-state index in [-0.39, 0.29) is 6.42 Å². The molecule has 0 rings (SSSR count). The first-order valence-electron chi connectivity index (χ1n) is 12.3. The van der Waals surface area contributed by atoms with E-state index >= 15 is 0 Å². The molecule has 0 aromatic heterocycles. The van der Waals surface area contributed by atoms with Crippen molar-refractivity contribution in [2.75, 3.05) is 6.54 Å². The van der Waals surface area contributed by atoms with Crippen molar-refractivity contribution in [3.63, 3.8) is 0 Å². The summed E-state index contributed by atoms with van der Waals surface area (Å²) in [5.41, 5.74) is 9.81. The normalized spacial score (nSPS) is 14.4. The number of hydrogen-bond acceptors (Lipinski definition) is 4. The predicted molar refractivity (Wildman–Crippen MR) is 124 cm³/mol. The van der Waals surface area contributed by atoms with Crippen LogP contribution in [0.2, 0.25) is 0 Å². The monoisotopic (exact) mass is 428 g/mol. The van der Waals surface area contributed by atoms with E-state index in [1.54, 1.807) is 0 Å². The third-order valence-corrected chi connectivity index (χ3v) is 6.21. The van der Waals surface area contributed by atoms with Crippen LogP contribution < -0.4 is 11.5 Å². The fraction of sp³-hybridized carbons (Fsp3) is 0.917. The molecule has 6 heteroatoms. The van der Waals surface area contributed by atoms with Crippen molar-refractivity contribution >= 4 is 11.9 Å². The quantitative estimate of drug-likeness (QED) is 0.169. The number of hydrogen-bond donors (Lipinski definition) is 4. The number of carboxylic acids is 2. The van der Waals surface area contributed by atoms with Gasteiger partial charge in [0.15, 0.2) is 0 Å². The molecule has 30 heavy (non-hydrogen) atoms. The summed E-state index contributed by atoms with van der Waals surface area (Å²) in [6, 6.07) is 0. The van der Waals surface area contributed by atoms with Gasteiger partial charge in [0, 0.05) is 0 Å². The minimum Gasteiger partial charge on any atom is -0.481 e. The van der Waals surface area contributed by atoms with E-state index in [1.807, 2.05) is 0 Å². The van der Waals surface area contributed by atoms with Gasteiger partial charge in [0.1, 0.15) is 5.54 Å². The van der Waals surface area contributed by atoms with Crippen LogP contribution in [0.15, 0.2) is 0 Å². The highest BCUT2D eigenvalue weighted by atomic mass is 16.4. The highest BCUT2D eigenvalue weighted by molar-refractivity contribution is 5.86. The Morgan fingerprint density at radius 1 is 0.733 bits per heavy atom. The first-order valence-corrected chi connectivity index (χ1v) is 12.3. The summed E-state index contributed by atoms with van der Waals surface area (Å²) in [4.78, 5) is 23.4. The van der Waals surface area contributed by atoms with Crippen molar-refractivity contribution in [2.24, 2.45) is 17.4 Å². The second kappa shape index (κ2) is 18.6. The Balaban J connectivity index is 3.93. The van der Waals surface area contributed by atoms with Crippen molar-refractivity contribution < 1.29 is 19.8 Å². The number of carboxylic acid groups (broad SMARTS) is 2. The van der Waals surface area contributed by atoms with E-state index in [0.29, 0.717) is 32.2 Å². The number of rotatable bonds is 22. The smallest absolute Gasteiger partial charge is 0.324 e. The lowest BCUT2D eigenvalue weighted by molar-refractivity contribution is -0.156. The van der Waals surface area contributed by atoms with Crippen LogP contribution in [0.4, 0.5) is 0 Å². The van der Waals surface area contributed by atoms with Gasteiger partial charge in [-0.2, -0.15) is 0 Å². The van der Waals surface area contributed by atoms with E-state index in [9.17, 15) is 19.8 Å². The van der Waals surface area contributed by atoms with Crippen molar-refractivity contribution in [1.82, 2.24) is 0 Å². The molecule has 178 valence electrons. The zero-order valence-corrected chi connectivity index (χ0v) is 19.4. The van der Waals surface area contributed by atoms with Crippen molar-refractivity contribution in [3.8, 4) is 0 Å². The number of aliphatic carboxylic acids is 2. The second-order valence-corrected chi connectivity index (χ2v) is 8.87. The van der Waals surface area contributed by atoms with Crippen molar-refractivity contribution in [2.45, 2.75) is 128 Å². The van der Waals surface area contributed by atoms with Crippen LogP contribution in [0.25, 0.3) is 0 Å². The first kappa shape index (κ1) is 28.9. The van der Waals surface area contributed by atoms with E-state index in [0.717, 1.165) is 19.3 Å². The largest absolute Gasteiger partial charge is 0.481 e.